The van der Waals surface area contributed by atoms with Crippen LogP contribution in [0.5, 0.6) is 5.75 Å². The number of rotatable bonds is 2. The fourth-order valence-corrected chi connectivity index (χ4v) is 4.41. The van der Waals surface area contributed by atoms with Crippen LogP contribution in [0.1, 0.15) is 37.0 Å². The average Bonchev–Trinajstić information content (AvgIpc) is 3.15. The summed E-state index contributed by atoms with van der Waals surface area (Å²) in [6.45, 7) is 3.63. The van der Waals surface area contributed by atoms with Crippen LogP contribution in [0.2, 0.25) is 0 Å². The van der Waals surface area contributed by atoms with Crippen molar-refractivity contribution in [2.45, 2.75) is 39.0 Å². The number of aliphatic hydroxyl groups is 1. The molecule has 0 radical (unpaired) electrons. The molecule has 0 saturated carbocycles. The SMILES string of the molecule is CC[C@@]1(O)C(=O)OCc2c1cc1n(c2=O)Cc2cc3c(N=C(C)N(C)C)c(O)ccc3nc2-1. The smallest absolute Gasteiger partial charge is 0.343 e. The number of ether oxygens (including phenoxy) is 1. The Morgan fingerprint density at radius 1 is 1.30 bits per heavy atom. The molecule has 9 nitrogen and oxygen atoms in total. The third-order valence-electron chi connectivity index (χ3n) is 6.56. The summed E-state index contributed by atoms with van der Waals surface area (Å²) in [6.07, 6.45) is 0.0889. The number of aliphatic imine (C=N–C) groups is 1. The molecule has 0 amide bonds. The second-order valence-corrected chi connectivity index (χ2v) is 8.65. The number of carbonyl (C=O) groups excluding carboxylic acids is 1. The van der Waals surface area contributed by atoms with E-state index in [0.29, 0.717) is 33.8 Å². The number of aromatic nitrogens is 2. The maximum Gasteiger partial charge on any atom is 0.343 e. The summed E-state index contributed by atoms with van der Waals surface area (Å²) in [5, 5.41) is 22.1. The molecule has 3 aromatic rings. The number of fused-ring (bicyclic) bond motifs is 5. The van der Waals surface area contributed by atoms with E-state index in [4.69, 9.17) is 9.72 Å². The van der Waals surface area contributed by atoms with Crippen molar-refractivity contribution in [3.05, 3.63) is 51.3 Å². The maximum atomic E-state index is 13.3. The summed E-state index contributed by atoms with van der Waals surface area (Å²) in [4.78, 5) is 36.8. The highest BCUT2D eigenvalue weighted by Gasteiger charge is 2.45. The predicted octanol–water partition coefficient (Wildman–Crippen LogP) is 2.40. The number of amidine groups is 1. The number of phenols is 1. The lowest BCUT2D eigenvalue weighted by atomic mass is 9.86. The Kier molecular flexibility index (Phi) is 4.58. The van der Waals surface area contributed by atoms with Gasteiger partial charge in [0.2, 0.25) is 0 Å². The molecule has 170 valence electrons. The first-order chi connectivity index (χ1) is 15.7. The van der Waals surface area contributed by atoms with Crippen molar-refractivity contribution in [1.82, 2.24) is 14.5 Å². The Morgan fingerprint density at radius 3 is 2.76 bits per heavy atom. The molecular weight excluding hydrogens is 424 g/mol. The fourth-order valence-electron chi connectivity index (χ4n) is 4.41. The molecule has 2 aromatic heterocycles. The molecule has 0 unspecified atom stereocenters. The summed E-state index contributed by atoms with van der Waals surface area (Å²) >= 11 is 0. The van der Waals surface area contributed by atoms with Crippen molar-refractivity contribution in [1.29, 1.82) is 0 Å². The molecule has 5 rings (SSSR count). The van der Waals surface area contributed by atoms with Gasteiger partial charge >= 0.3 is 5.97 Å². The summed E-state index contributed by atoms with van der Waals surface area (Å²) in [5.41, 5.74) is 1.35. The van der Waals surface area contributed by atoms with Crippen molar-refractivity contribution in [3.63, 3.8) is 0 Å². The molecular formula is C24H24N4O5. The molecule has 1 aromatic carbocycles. The number of pyridine rings is 2. The van der Waals surface area contributed by atoms with E-state index in [0.717, 1.165) is 5.56 Å². The van der Waals surface area contributed by atoms with Gasteiger partial charge < -0.3 is 24.4 Å². The van der Waals surface area contributed by atoms with Crippen LogP contribution in [-0.2, 0) is 28.3 Å². The van der Waals surface area contributed by atoms with E-state index >= 15 is 0 Å². The highest BCUT2D eigenvalue weighted by Crippen LogP contribution is 2.41. The number of carbonyl (C=O) groups is 1. The molecule has 2 aliphatic heterocycles. The number of hydrogen-bond donors (Lipinski definition) is 2. The van der Waals surface area contributed by atoms with Gasteiger partial charge in [0, 0.05) is 30.6 Å². The number of nitrogens with zero attached hydrogens (tertiary/aromatic N) is 4. The minimum absolute atomic E-state index is 0.0391. The molecule has 0 saturated heterocycles. The van der Waals surface area contributed by atoms with Crippen molar-refractivity contribution in [3.8, 4) is 17.1 Å². The van der Waals surface area contributed by atoms with Gasteiger partial charge in [-0.25, -0.2) is 14.8 Å². The lowest BCUT2D eigenvalue weighted by Gasteiger charge is -2.31. The van der Waals surface area contributed by atoms with Crippen molar-refractivity contribution < 1.29 is 19.7 Å². The normalized spacial score (nSPS) is 19.2. The first-order valence-electron chi connectivity index (χ1n) is 10.7. The minimum Gasteiger partial charge on any atom is -0.506 e. The van der Waals surface area contributed by atoms with Crippen LogP contribution < -0.4 is 5.56 Å². The van der Waals surface area contributed by atoms with Crippen LogP contribution in [0.3, 0.4) is 0 Å². The van der Waals surface area contributed by atoms with Gasteiger partial charge in [0.1, 0.15) is 23.9 Å². The van der Waals surface area contributed by atoms with Gasteiger partial charge in [-0.1, -0.05) is 6.92 Å². The van der Waals surface area contributed by atoms with E-state index in [-0.39, 0.29) is 42.0 Å². The van der Waals surface area contributed by atoms with Crippen LogP contribution in [-0.4, -0.2) is 50.6 Å². The minimum atomic E-state index is -1.86. The fraction of sp³-hybridized carbons (Fsp3) is 0.333. The van der Waals surface area contributed by atoms with E-state index in [9.17, 15) is 19.8 Å². The molecule has 0 aliphatic carbocycles. The Balaban J connectivity index is 1.75. The molecule has 0 fully saturated rings. The molecule has 2 N–H and O–H groups in total. The number of hydrogen-bond acceptors (Lipinski definition) is 7. The first kappa shape index (κ1) is 21.1. The quantitative estimate of drug-likeness (QED) is 0.275. The molecule has 0 bridgehead atoms. The highest BCUT2D eigenvalue weighted by atomic mass is 16.6. The van der Waals surface area contributed by atoms with Gasteiger partial charge in [0.05, 0.1) is 29.0 Å². The standard InChI is InChI=1S/C24H24N4O5/c1-5-24(32)16-9-18-20-13(10-28(18)22(30)15(16)11-33-23(24)31)8-14-17(26-20)6-7-19(29)21(14)25-12(2)27(3)4/h6-9,29,32H,5,10-11H2,1-4H3/t24-/m0/s1. The lowest BCUT2D eigenvalue weighted by Crippen LogP contribution is -2.44. The molecule has 1 atom stereocenters. The van der Waals surface area contributed by atoms with Crippen LogP contribution in [0.25, 0.3) is 22.3 Å². The van der Waals surface area contributed by atoms with Crippen LogP contribution in [0.4, 0.5) is 5.69 Å². The summed E-state index contributed by atoms with van der Waals surface area (Å²) in [6, 6.07) is 6.82. The Labute approximate surface area is 189 Å². The average molecular weight is 448 g/mol. The maximum absolute atomic E-state index is 13.3. The number of esters is 1. The zero-order valence-electron chi connectivity index (χ0n) is 18.8. The monoisotopic (exact) mass is 448 g/mol. The molecule has 9 heteroatoms. The van der Waals surface area contributed by atoms with Gasteiger partial charge in [0.25, 0.3) is 5.56 Å². The molecule has 33 heavy (non-hydrogen) atoms. The molecule has 2 aliphatic rings. The Hall–Kier alpha value is -3.72. The second-order valence-electron chi connectivity index (χ2n) is 8.65. The van der Waals surface area contributed by atoms with Gasteiger partial charge in [-0.05, 0) is 37.6 Å². The lowest BCUT2D eigenvalue weighted by molar-refractivity contribution is -0.172. The summed E-state index contributed by atoms with van der Waals surface area (Å²) < 4.78 is 6.69. The Morgan fingerprint density at radius 2 is 2.06 bits per heavy atom. The topological polar surface area (TPSA) is 117 Å². The predicted molar refractivity (Wildman–Crippen MR) is 123 cm³/mol. The van der Waals surface area contributed by atoms with E-state index < -0.39 is 11.6 Å². The third kappa shape index (κ3) is 2.96. The number of aromatic hydroxyl groups is 1. The highest BCUT2D eigenvalue weighted by molar-refractivity contribution is 5.98. The van der Waals surface area contributed by atoms with E-state index in [2.05, 4.69) is 4.99 Å². The largest absolute Gasteiger partial charge is 0.506 e. The zero-order chi connectivity index (χ0) is 23.7. The van der Waals surface area contributed by atoms with Gasteiger partial charge in [-0.2, -0.15) is 0 Å². The molecule has 0 spiro atoms. The second kappa shape index (κ2) is 7.14. The van der Waals surface area contributed by atoms with Crippen LogP contribution in [0, 0.1) is 0 Å². The first-order valence-corrected chi connectivity index (χ1v) is 10.7. The van der Waals surface area contributed by atoms with Crippen molar-refractivity contribution >= 4 is 28.4 Å². The summed E-state index contributed by atoms with van der Waals surface area (Å²) in [5.74, 6) is 0.00652. The van der Waals surface area contributed by atoms with Crippen molar-refractivity contribution in [2.24, 2.45) is 4.99 Å². The van der Waals surface area contributed by atoms with E-state index in [1.807, 2.05) is 32.0 Å². The van der Waals surface area contributed by atoms with E-state index in [1.54, 1.807) is 29.7 Å². The zero-order valence-corrected chi connectivity index (χ0v) is 18.8. The van der Waals surface area contributed by atoms with Crippen LogP contribution >= 0.6 is 0 Å². The van der Waals surface area contributed by atoms with E-state index in [1.165, 1.54) is 0 Å². The van der Waals surface area contributed by atoms with Gasteiger partial charge in [-0.15, -0.1) is 0 Å². The number of benzene rings is 1. The molecule has 4 heterocycles. The van der Waals surface area contributed by atoms with Crippen molar-refractivity contribution in [2.75, 3.05) is 14.1 Å². The number of phenolic OH excluding ortho intramolecular Hbond substituents is 1. The van der Waals surface area contributed by atoms with Crippen LogP contribution in [0.15, 0.2) is 34.1 Å². The van der Waals surface area contributed by atoms with Gasteiger partial charge in [0.15, 0.2) is 5.60 Å². The summed E-state index contributed by atoms with van der Waals surface area (Å²) in [7, 11) is 3.74. The third-order valence-corrected chi connectivity index (χ3v) is 6.56. The Bertz CT molecular complexity index is 1440. The number of cyclic esters (lactones) is 1. The van der Waals surface area contributed by atoms with Gasteiger partial charge in [-0.3, -0.25) is 4.79 Å².